The monoisotopic (exact) mass is 348 g/mol. The minimum atomic E-state index is -0.243. The molecule has 0 spiro atoms. The molecule has 2 aromatic rings. The largest absolute Gasteiger partial charge is 0.479 e. The Morgan fingerprint density at radius 1 is 1.29 bits per heavy atom. The van der Waals surface area contributed by atoms with Gasteiger partial charge in [-0.15, -0.1) is 0 Å². The highest BCUT2D eigenvalue weighted by atomic mass is 79.9. The molecule has 2 aromatic carbocycles. The van der Waals surface area contributed by atoms with E-state index >= 15 is 0 Å². The van der Waals surface area contributed by atoms with Gasteiger partial charge in [-0.3, -0.25) is 0 Å². The zero-order chi connectivity index (χ0) is 15.2. The number of nitrogens with one attached hydrogen (secondary N) is 1. The SMILES string of the molecule is CC(Nc1ccc(OCC#N)cc1)c1cc(Br)ccc1F. The average molecular weight is 349 g/mol. The van der Waals surface area contributed by atoms with Crippen LogP contribution in [0, 0.1) is 17.1 Å². The van der Waals surface area contributed by atoms with E-state index in [-0.39, 0.29) is 18.5 Å². The molecular formula is C16H14BrFN2O. The van der Waals surface area contributed by atoms with Crippen molar-refractivity contribution in [2.75, 3.05) is 11.9 Å². The van der Waals surface area contributed by atoms with Gasteiger partial charge in [0.25, 0.3) is 0 Å². The first-order chi connectivity index (χ1) is 10.1. The van der Waals surface area contributed by atoms with Gasteiger partial charge in [-0.2, -0.15) is 5.26 Å². The molecule has 108 valence electrons. The van der Waals surface area contributed by atoms with Crippen LogP contribution in [0.1, 0.15) is 18.5 Å². The molecule has 0 aliphatic rings. The molecule has 1 atom stereocenters. The van der Waals surface area contributed by atoms with Crippen molar-refractivity contribution in [1.82, 2.24) is 0 Å². The first kappa shape index (κ1) is 15.3. The Hall–Kier alpha value is -2.06. The van der Waals surface area contributed by atoms with E-state index in [0.717, 1.165) is 10.2 Å². The van der Waals surface area contributed by atoms with Crippen LogP contribution in [0.4, 0.5) is 10.1 Å². The summed E-state index contributed by atoms with van der Waals surface area (Å²) >= 11 is 3.35. The maximum atomic E-state index is 13.8. The Kier molecular flexibility index (Phi) is 5.18. The Morgan fingerprint density at radius 3 is 2.67 bits per heavy atom. The van der Waals surface area contributed by atoms with Gasteiger partial charge in [-0.25, -0.2) is 4.39 Å². The highest BCUT2D eigenvalue weighted by molar-refractivity contribution is 9.10. The molecule has 0 aromatic heterocycles. The Labute approximate surface area is 131 Å². The molecule has 1 unspecified atom stereocenters. The molecule has 1 N–H and O–H groups in total. The van der Waals surface area contributed by atoms with Crippen LogP contribution in [0.25, 0.3) is 0 Å². The molecule has 0 fully saturated rings. The molecule has 0 saturated heterocycles. The summed E-state index contributed by atoms with van der Waals surface area (Å²) in [6.07, 6.45) is 0. The number of rotatable bonds is 5. The molecule has 0 aliphatic heterocycles. The first-order valence-corrected chi connectivity index (χ1v) is 7.21. The van der Waals surface area contributed by atoms with E-state index < -0.39 is 0 Å². The van der Waals surface area contributed by atoms with Crippen molar-refractivity contribution >= 4 is 21.6 Å². The van der Waals surface area contributed by atoms with Gasteiger partial charge in [0.15, 0.2) is 6.61 Å². The Balaban J connectivity index is 2.07. The molecule has 0 aliphatic carbocycles. The van der Waals surface area contributed by atoms with E-state index in [4.69, 9.17) is 10.00 Å². The summed E-state index contributed by atoms with van der Waals surface area (Å²) < 4.78 is 19.8. The lowest BCUT2D eigenvalue weighted by Gasteiger charge is -2.17. The van der Waals surface area contributed by atoms with Crippen LogP contribution < -0.4 is 10.1 Å². The van der Waals surface area contributed by atoms with Gasteiger partial charge < -0.3 is 10.1 Å². The Bertz CT molecular complexity index is 652. The topological polar surface area (TPSA) is 45.0 Å². The second-order valence-corrected chi connectivity index (χ2v) is 5.42. The third kappa shape index (κ3) is 4.20. The van der Waals surface area contributed by atoms with Crippen LogP contribution in [-0.2, 0) is 0 Å². The molecule has 0 saturated carbocycles. The summed E-state index contributed by atoms with van der Waals surface area (Å²) in [6.45, 7) is 1.91. The van der Waals surface area contributed by atoms with Crippen molar-refractivity contribution in [1.29, 1.82) is 5.26 Å². The summed E-state index contributed by atoms with van der Waals surface area (Å²) in [5.74, 6) is 0.385. The lowest BCUT2D eigenvalue weighted by atomic mass is 10.1. The molecular weight excluding hydrogens is 335 g/mol. The zero-order valence-electron chi connectivity index (χ0n) is 11.4. The second kappa shape index (κ2) is 7.09. The first-order valence-electron chi connectivity index (χ1n) is 6.41. The van der Waals surface area contributed by atoms with Crippen molar-refractivity contribution in [3.05, 3.63) is 58.3 Å². The van der Waals surface area contributed by atoms with Gasteiger partial charge in [0.05, 0.1) is 6.04 Å². The smallest absolute Gasteiger partial charge is 0.174 e. The summed E-state index contributed by atoms with van der Waals surface area (Å²) in [4.78, 5) is 0. The van der Waals surface area contributed by atoms with Crippen LogP contribution in [0.15, 0.2) is 46.9 Å². The predicted molar refractivity (Wildman–Crippen MR) is 83.7 cm³/mol. The number of halogens is 2. The van der Waals surface area contributed by atoms with Crippen molar-refractivity contribution in [2.45, 2.75) is 13.0 Å². The standard InChI is InChI=1S/C16H14BrFN2O/c1-11(15-10-12(17)2-7-16(15)18)20-13-3-5-14(6-4-13)21-9-8-19/h2-7,10-11,20H,9H2,1H3. The third-order valence-electron chi connectivity index (χ3n) is 2.97. The van der Waals surface area contributed by atoms with Gasteiger partial charge in [0, 0.05) is 15.7 Å². The molecule has 2 rings (SSSR count). The second-order valence-electron chi connectivity index (χ2n) is 4.50. The van der Waals surface area contributed by atoms with E-state index in [2.05, 4.69) is 21.2 Å². The van der Waals surface area contributed by atoms with Crippen LogP contribution in [-0.4, -0.2) is 6.61 Å². The van der Waals surface area contributed by atoms with Crippen LogP contribution in [0.3, 0.4) is 0 Å². The number of nitrogens with zero attached hydrogens (tertiary/aromatic N) is 1. The molecule has 0 heterocycles. The maximum Gasteiger partial charge on any atom is 0.174 e. The molecule has 5 heteroatoms. The lowest BCUT2D eigenvalue weighted by molar-refractivity contribution is 0.368. The summed E-state index contributed by atoms with van der Waals surface area (Å²) in [5, 5.41) is 11.7. The van der Waals surface area contributed by atoms with Crippen molar-refractivity contribution in [3.8, 4) is 11.8 Å². The van der Waals surface area contributed by atoms with Crippen LogP contribution in [0.2, 0.25) is 0 Å². The molecule has 0 radical (unpaired) electrons. The fourth-order valence-electron chi connectivity index (χ4n) is 1.94. The summed E-state index contributed by atoms with van der Waals surface area (Å²) in [7, 11) is 0. The van der Waals surface area contributed by atoms with Crippen LogP contribution in [0.5, 0.6) is 5.75 Å². The molecule has 0 bridgehead atoms. The number of benzene rings is 2. The number of anilines is 1. The minimum Gasteiger partial charge on any atom is -0.479 e. The summed E-state index contributed by atoms with van der Waals surface area (Å²) in [5.41, 5.74) is 1.44. The van der Waals surface area contributed by atoms with E-state index in [1.807, 2.05) is 25.1 Å². The lowest BCUT2D eigenvalue weighted by Crippen LogP contribution is -2.08. The number of nitriles is 1. The van der Waals surface area contributed by atoms with Gasteiger partial charge in [-0.05, 0) is 49.4 Å². The third-order valence-corrected chi connectivity index (χ3v) is 3.46. The Morgan fingerprint density at radius 2 is 2.00 bits per heavy atom. The predicted octanol–water partition coefficient (Wildman–Crippen LogP) is 4.66. The number of hydrogen-bond acceptors (Lipinski definition) is 3. The van der Waals surface area contributed by atoms with Crippen LogP contribution >= 0.6 is 15.9 Å². The highest BCUT2D eigenvalue weighted by Gasteiger charge is 2.11. The molecule has 0 amide bonds. The van der Waals surface area contributed by atoms with Crippen molar-refractivity contribution in [3.63, 3.8) is 0 Å². The fraction of sp³-hybridized carbons (Fsp3) is 0.188. The number of hydrogen-bond donors (Lipinski definition) is 1. The zero-order valence-corrected chi connectivity index (χ0v) is 13.0. The molecule has 21 heavy (non-hydrogen) atoms. The van der Waals surface area contributed by atoms with Gasteiger partial charge in [-0.1, -0.05) is 15.9 Å². The minimum absolute atomic E-state index is 0.0203. The average Bonchev–Trinajstić information content (AvgIpc) is 2.49. The summed E-state index contributed by atoms with van der Waals surface area (Å²) in [6, 6.07) is 13.8. The molecule has 3 nitrogen and oxygen atoms in total. The van der Waals surface area contributed by atoms with E-state index in [0.29, 0.717) is 11.3 Å². The van der Waals surface area contributed by atoms with E-state index in [9.17, 15) is 4.39 Å². The van der Waals surface area contributed by atoms with Gasteiger partial charge in [0.2, 0.25) is 0 Å². The highest BCUT2D eigenvalue weighted by Crippen LogP contribution is 2.25. The quantitative estimate of drug-likeness (QED) is 0.854. The van der Waals surface area contributed by atoms with Gasteiger partial charge in [0.1, 0.15) is 17.6 Å². The van der Waals surface area contributed by atoms with E-state index in [1.165, 1.54) is 6.07 Å². The normalized spacial score (nSPS) is 11.5. The maximum absolute atomic E-state index is 13.8. The van der Waals surface area contributed by atoms with E-state index in [1.54, 1.807) is 24.3 Å². The van der Waals surface area contributed by atoms with Crippen molar-refractivity contribution in [2.24, 2.45) is 0 Å². The fourth-order valence-corrected chi connectivity index (χ4v) is 2.32. The van der Waals surface area contributed by atoms with Gasteiger partial charge >= 0.3 is 0 Å². The van der Waals surface area contributed by atoms with Crippen molar-refractivity contribution < 1.29 is 9.13 Å². The number of ether oxygens (including phenoxy) is 1.